The zero-order valence-corrected chi connectivity index (χ0v) is 18.9. The number of hydrogen-bond donors (Lipinski definition) is 2. The van der Waals surface area contributed by atoms with Crippen molar-refractivity contribution >= 4 is 29.9 Å². The summed E-state index contributed by atoms with van der Waals surface area (Å²) in [4.78, 5) is 6.86. The highest BCUT2D eigenvalue weighted by molar-refractivity contribution is 14.0. The lowest BCUT2D eigenvalue weighted by molar-refractivity contribution is 0.390. The molecule has 0 heterocycles. The van der Waals surface area contributed by atoms with Crippen LogP contribution < -0.4 is 10.6 Å². The highest BCUT2D eigenvalue weighted by Gasteiger charge is 1.99. The van der Waals surface area contributed by atoms with E-state index < -0.39 is 0 Å². The molecule has 1 aromatic rings. The largest absolute Gasteiger partial charge is 0.357 e. The van der Waals surface area contributed by atoms with Gasteiger partial charge in [0, 0.05) is 19.6 Å². The molecule has 0 fully saturated rings. The highest BCUT2D eigenvalue weighted by atomic mass is 127. The number of nitrogens with one attached hydrogen (secondary N) is 2. The van der Waals surface area contributed by atoms with E-state index in [0.29, 0.717) is 0 Å². The molecule has 0 radical (unpaired) electrons. The molecule has 6 heteroatoms. The molecular weight excluding hydrogens is 442 g/mol. The van der Waals surface area contributed by atoms with Gasteiger partial charge in [0.1, 0.15) is 5.82 Å². The summed E-state index contributed by atoms with van der Waals surface area (Å²) in [7, 11) is 4.25. The van der Waals surface area contributed by atoms with Gasteiger partial charge in [-0.3, -0.25) is 4.99 Å². The van der Waals surface area contributed by atoms with Gasteiger partial charge in [0.15, 0.2) is 5.96 Å². The molecule has 0 amide bonds. The second kappa shape index (κ2) is 16.3. The fourth-order valence-electron chi connectivity index (χ4n) is 2.62. The van der Waals surface area contributed by atoms with Gasteiger partial charge in [0.05, 0.1) is 0 Å². The van der Waals surface area contributed by atoms with E-state index in [1.807, 2.05) is 6.07 Å². The van der Waals surface area contributed by atoms with Crippen molar-refractivity contribution in [3.8, 4) is 0 Å². The number of rotatable bonds is 12. The lowest BCUT2D eigenvalue weighted by Crippen LogP contribution is -2.38. The highest BCUT2D eigenvalue weighted by Crippen LogP contribution is 2.04. The zero-order valence-electron chi connectivity index (χ0n) is 16.6. The molecule has 4 nitrogen and oxygen atoms in total. The minimum absolute atomic E-state index is 0. The van der Waals surface area contributed by atoms with Crippen LogP contribution in [0.1, 0.15) is 44.6 Å². The van der Waals surface area contributed by atoms with Crippen molar-refractivity contribution in [3.63, 3.8) is 0 Å². The number of halogens is 2. The Morgan fingerprint density at radius 1 is 1.08 bits per heavy atom. The summed E-state index contributed by atoms with van der Waals surface area (Å²) in [5.41, 5.74) is 1.00. The maximum atomic E-state index is 13.2. The molecule has 26 heavy (non-hydrogen) atoms. The smallest absolute Gasteiger partial charge is 0.191 e. The average Bonchev–Trinajstić information content (AvgIpc) is 2.57. The molecule has 0 aliphatic heterocycles. The lowest BCUT2D eigenvalue weighted by Gasteiger charge is -2.11. The van der Waals surface area contributed by atoms with E-state index >= 15 is 0 Å². The van der Waals surface area contributed by atoms with E-state index in [9.17, 15) is 4.39 Å². The van der Waals surface area contributed by atoms with Gasteiger partial charge in [-0.05, 0) is 64.5 Å². The van der Waals surface area contributed by atoms with Crippen molar-refractivity contribution in [2.45, 2.75) is 45.4 Å². The van der Waals surface area contributed by atoms with Gasteiger partial charge in [0.25, 0.3) is 0 Å². The van der Waals surface area contributed by atoms with Gasteiger partial charge in [-0.1, -0.05) is 31.4 Å². The molecule has 2 N–H and O–H groups in total. The molecule has 0 spiro atoms. The second-order valence-corrected chi connectivity index (χ2v) is 6.64. The van der Waals surface area contributed by atoms with Gasteiger partial charge in [-0.25, -0.2) is 4.39 Å². The summed E-state index contributed by atoms with van der Waals surface area (Å²) in [5, 5.41) is 6.59. The molecule has 0 atom stereocenters. The maximum absolute atomic E-state index is 13.2. The third kappa shape index (κ3) is 13.3. The Balaban J connectivity index is 0.00000625. The van der Waals surface area contributed by atoms with Crippen LogP contribution in [-0.4, -0.2) is 51.1 Å². The van der Waals surface area contributed by atoms with Crippen LogP contribution in [0.3, 0.4) is 0 Å². The number of benzene rings is 1. The molecule has 0 unspecified atom stereocenters. The minimum atomic E-state index is -0.177. The standard InChI is InChI=1S/C20H35FN4.HI/c1-4-22-20(23-14-8-6-5-7-9-16-25(2)3)24-15-13-18-11-10-12-19(21)17-18;/h10-12,17H,4-9,13-16H2,1-3H3,(H2,22,23,24);1H. The van der Waals surface area contributed by atoms with Gasteiger partial charge in [0.2, 0.25) is 0 Å². The van der Waals surface area contributed by atoms with Crippen LogP contribution in [0.5, 0.6) is 0 Å². The van der Waals surface area contributed by atoms with Crippen LogP contribution in [0.25, 0.3) is 0 Å². The quantitative estimate of drug-likeness (QED) is 0.206. The molecule has 0 saturated heterocycles. The molecule has 0 aliphatic rings. The Bertz CT molecular complexity index is 494. The van der Waals surface area contributed by atoms with Crippen LogP contribution in [0, 0.1) is 5.82 Å². The van der Waals surface area contributed by atoms with Crippen LogP contribution in [0.2, 0.25) is 0 Å². The summed E-state index contributed by atoms with van der Waals surface area (Å²) in [6.45, 7) is 5.69. The van der Waals surface area contributed by atoms with Gasteiger partial charge >= 0.3 is 0 Å². The van der Waals surface area contributed by atoms with Crippen LogP contribution >= 0.6 is 24.0 Å². The van der Waals surface area contributed by atoms with Gasteiger partial charge in [-0.2, -0.15) is 0 Å². The van der Waals surface area contributed by atoms with Crippen molar-refractivity contribution in [1.82, 2.24) is 15.5 Å². The summed E-state index contributed by atoms with van der Waals surface area (Å²) in [6, 6.07) is 6.76. The maximum Gasteiger partial charge on any atom is 0.191 e. The number of guanidine groups is 1. The van der Waals surface area contributed by atoms with Crippen molar-refractivity contribution in [2.75, 3.05) is 40.3 Å². The Hall–Kier alpha value is -0.890. The normalized spacial score (nSPS) is 11.3. The minimum Gasteiger partial charge on any atom is -0.357 e. The zero-order chi connectivity index (χ0) is 18.3. The number of nitrogens with zero attached hydrogens (tertiary/aromatic N) is 2. The molecule has 0 aromatic heterocycles. The predicted octanol–water partition coefficient (Wildman–Crippen LogP) is 4.05. The summed E-state index contributed by atoms with van der Waals surface area (Å²) < 4.78 is 13.2. The van der Waals surface area contributed by atoms with E-state index in [1.54, 1.807) is 12.1 Å². The molecular formula is C20H36FIN4. The van der Waals surface area contributed by atoms with Crippen molar-refractivity contribution in [3.05, 3.63) is 35.6 Å². The number of hydrogen-bond acceptors (Lipinski definition) is 2. The molecule has 0 bridgehead atoms. The molecule has 1 rings (SSSR count). The predicted molar refractivity (Wildman–Crippen MR) is 121 cm³/mol. The van der Waals surface area contributed by atoms with Crippen molar-refractivity contribution < 1.29 is 4.39 Å². The second-order valence-electron chi connectivity index (χ2n) is 6.64. The van der Waals surface area contributed by atoms with Crippen LogP contribution in [0.4, 0.5) is 4.39 Å². The topological polar surface area (TPSA) is 39.7 Å². The van der Waals surface area contributed by atoms with E-state index in [1.165, 1.54) is 38.3 Å². The van der Waals surface area contributed by atoms with E-state index in [2.05, 4.69) is 41.5 Å². The molecule has 0 aliphatic carbocycles. The van der Waals surface area contributed by atoms with Crippen molar-refractivity contribution in [1.29, 1.82) is 0 Å². The van der Waals surface area contributed by atoms with E-state index in [4.69, 9.17) is 0 Å². The Labute approximate surface area is 176 Å². The lowest BCUT2D eigenvalue weighted by atomic mass is 10.1. The third-order valence-electron chi connectivity index (χ3n) is 3.97. The van der Waals surface area contributed by atoms with Crippen molar-refractivity contribution in [2.24, 2.45) is 4.99 Å². The Morgan fingerprint density at radius 3 is 2.50 bits per heavy atom. The monoisotopic (exact) mass is 478 g/mol. The Kier molecular flexibility index (Phi) is 15.7. The SMILES string of the molecule is CCNC(=NCCCCCCCN(C)C)NCCc1cccc(F)c1.I. The van der Waals surface area contributed by atoms with Crippen LogP contribution in [-0.2, 0) is 6.42 Å². The fraction of sp³-hybridized carbons (Fsp3) is 0.650. The number of aliphatic imine (C=N–C) groups is 1. The number of unbranched alkanes of at least 4 members (excludes halogenated alkanes) is 4. The Morgan fingerprint density at radius 2 is 1.81 bits per heavy atom. The molecule has 150 valence electrons. The average molecular weight is 478 g/mol. The van der Waals surface area contributed by atoms with E-state index in [-0.39, 0.29) is 29.8 Å². The summed E-state index contributed by atoms with van der Waals surface area (Å²) in [5.74, 6) is 0.676. The van der Waals surface area contributed by atoms with Crippen LogP contribution in [0.15, 0.2) is 29.3 Å². The summed E-state index contributed by atoms with van der Waals surface area (Å²) in [6.07, 6.45) is 7.01. The summed E-state index contributed by atoms with van der Waals surface area (Å²) >= 11 is 0. The fourth-order valence-corrected chi connectivity index (χ4v) is 2.62. The third-order valence-corrected chi connectivity index (χ3v) is 3.97. The first-order valence-electron chi connectivity index (χ1n) is 9.53. The van der Waals surface area contributed by atoms with Gasteiger partial charge in [-0.15, -0.1) is 24.0 Å². The molecule has 1 aromatic carbocycles. The first kappa shape index (κ1) is 25.1. The van der Waals surface area contributed by atoms with Gasteiger partial charge < -0.3 is 15.5 Å². The van der Waals surface area contributed by atoms with E-state index in [0.717, 1.165) is 44.0 Å². The first-order valence-corrected chi connectivity index (χ1v) is 9.53. The molecule has 0 saturated carbocycles. The first-order chi connectivity index (χ1) is 12.1.